The number of ether oxygens (including phenoxy) is 6. The van der Waals surface area contributed by atoms with Gasteiger partial charge in [-0.2, -0.15) is 0 Å². The van der Waals surface area contributed by atoms with E-state index in [1.54, 1.807) is 6.08 Å². The first kappa shape index (κ1) is 93.2. The van der Waals surface area contributed by atoms with Gasteiger partial charge < -0.3 is 89.9 Å². The average molecular weight is 1450 g/mol. The Hall–Kier alpha value is -3.03. The number of rotatable bonds is 64. The van der Waals surface area contributed by atoms with Crippen LogP contribution in [0.4, 0.5) is 0 Å². The third-order valence-corrected chi connectivity index (χ3v) is 19.9. The predicted octanol–water partition coefficient (Wildman–Crippen LogP) is 13.8. The van der Waals surface area contributed by atoms with Crippen LogP contribution in [0, 0.1) is 0 Å². The van der Waals surface area contributed by atoms with E-state index in [9.17, 15) is 61.0 Å². The average Bonchev–Trinajstić information content (AvgIpc) is 0.781. The number of amides is 1. The molecule has 3 rings (SSSR count). The summed E-state index contributed by atoms with van der Waals surface area (Å²) < 4.78 is 34.4. The Labute approximate surface area is 616 Å². The normalized spacial score (nSPS) is 26.6. The standard InChI is InChI=1S/C83H147NO18/c1-3-5-7-9-11-13-15-17-19-21-23-24-25-26-27-28-29-30-31-32-33-34-35-36-37-38-39-40-41-42-43-45-47-49-51-53-55-57-59-61-71(89)84-66(67(88)60-58-56-54-52-50-48-46-44-22-20-18-16-14-12-10-8-6-4-2)65-97-81-77(95)74(92)79(69(63-86)99-81)102-83-78(96)75(93)80(70(64-87)100-83)101-82-76(94)73(91)72(90)68(62-85)98-82/h5,7,11,13,17,19,23-24,26-27,50,52,58,60,66-70,72-83,85-88,90-96H,3-4,6,8-10,12,14-16,18,20-22,25,28-49,51,53-57,59,61-65H2,1-2H3,(H,84,89)/b7-5-,13-11-,19-17-,24-23-,27-26-,52-50+,60-58+. The summed E-state index contributed by atoms with van der Waals surface area (Å²) in [4.78, 5) is 13.5. The van der Waals surface area contributed by atoms with Gasteiger partial charge in [0.1, 0.15) is 73.2 Å². The zero-order valence-electron chi connectivity index (χ0n) is 63.3. The molecule has 102 heavy (non-hydrogen) atoms. The topological polar surface area (TPSA) is 307 Å². The number of aliphatic hydroxyl groups excluding tert-OH is 11. The number of hydrogen-bond acceptors (Lipinski definition) is 18. The van der Waals surface area contributed by atoms with Crippen LogP contribution in [0.5, 0.6) is 0 Å². The van der Waals surface area contributed by atoms with E-state index in [2.05, 4.69) is 92.1 Å². The van der Waals surface area contributed by atoms with Crippen molar-refractivity contribution in [3.8, 4) is 0 Å². The summed E-state index contributed by atoms with van der Waals surface area (Å²) in [5.41, 5.74) is 0. The fourth-order valence-electron chi connectivity index (χ4n) is 13.4. The summed E-state index contributed by atoms with van der Waals surface area (Å²) >= 11 is 0. The summed E-state index contributed by atoms with van der Waals surface area (Å²) in [5.74, 6) is -0.282. The molecule has 3 aliphatic heterocycles. The van der Waals surface area contributed by atoms with E-state index in [1.807, 2.05) is 6.08 Å². The molecule has 0 aromatic carbocycles. The van der Waals surface area contributed by atoms with Crippen LogP contribution in [0.3, 0.4) is 0 Å². The molecule has 592 valence electrons. The van der Waals surface area contributed by atoms with Crippen LogP contribution in [-0.4, -0.2) is 193 Å². The first-order chi connectivity index (χ1) is 49.8. The fraction of sp³-hybridized carbons (Fsp3) is 0.819. The summed E-state index contributed by atoms with van der Waals surface area (Å²) in [6.45, 7) is 1.63. The van der Waals surface area contributed by atoms with Crippen LogP contribution < -0.4 is 5.32 Å². The van der Waals surface area contributed by atoms with Crippen LogP contribution in [0.15, 0.2) is 85.1 Å². The highest BCUT2D eigenvalue weighted by Gasteiger charge is 2.54. The number of carbonyl (C=O) groups excluding carboxylic acids is 1. The molecule has 0 saturated carbocycles. The Morgan fingerprint density at radius 1 is 0.363 bits per heavy atom. The Morgan fingerprint density at radius 2 is 0.686 bits per heavy atom. The van der Waals surface area contributed by atoms with Gasteiger partial charge in [0, 0.05) is 6.42 Å². The predicted molar refractivity (Wildman–Crippen MR) is 406 cm³/mol. The molecule has 3 heterocycles. The monoisotopic (exact) mass is 1450 g/mol. The summed E-state index contributed by atoms with van der Waals surface area (Å²) in [7, 11) is 0. The third-order valence-electron chi connectivity index (χ3n) is 19.9. The van der Waals surface area contributed by atoms with E-state index in [4.69, 9.17) is 28.4 Å². The van der Waals surface area contributed by atoms with Crippen molar-refractivity contribution in [2.75, 3.05) is 26.4 Å². The summed E-state index contributed by atoms with van der Waals surface area (Å²) in [6, 6.07) is -0.992. The van der Waals surface area contributed by atoms with E-state index in [0.29, 0.717) is 12.8 Å². The Bertz CT molecular complexity index is 2170. The zero-order valence-corrected chi connectivity index (χ0v) is 63.3. The number of carbonyl (C=O) groups is 1. The molecule has 17 atom stereocenters. The van der Waals surface area contributed by atoms with Crippen molar-refractivity contribution in [1.29, 1.82) is 0 Å². The van der Waals surface area contributed by atoms with Gasteiger partial charge >= 0.3 is 0 Å². The molecule has 0 bridgehead atoms. The molecular formula is C83H147NO18. The molecule has 3 fully saturated rings. The van der Waals surface area contributed by atoms with Gasteiger partial charge in [-0.1, -0.05) is 304 Å². The second-order valence-electron chi connectivity index (χ2n) is 28.8. The molecule has 3 saturated heterocycles. The lowest BCUT2D eigenvalue weighted by molar-refractivity contribution is -0.379. The zero-order chi connectivity index (χ0) is 73.9. The number of hydrogen-bond donors (Lipinski definition) is 12. The molecule has 12 N–H and O–H groups in total. The molecule has 19 nitrogen and oxygen atoms in total. The molecule has 19 heteroatoms. The van der Waals surface area contributed by atoms with Gasteiger partial charge in [0.2, 0.25) is 5.91 Å². The van der Waals surface area contributed by atoms with Crippen LogP contribution in [0.2, 0.25) is 0 Å². The van der Waals surface area contributed by atoms with Crippen molar-refractivity contribution in [3.63, 3.8) is 0 Å². The van der Waals surface area contributed by atoms with E-state index in [1.165, 1.54) is 199 Å². The van der Waals surface area contributed by atoms with Crippen LogP contribution in [0.1, 0.15) is 303 Å². The van der Waals surface area contributed by atoms with Crippen molar-refractivity contribution in [1.82, 2.24) is 5.32 Å². The van der Waals surface area contributed by atoms with Crippen LogP contribution in [-0.2, 0) is 33.2 Å². The van der Waals surface area contributed by atoms with E-state index >= 15 is 0 Å². The molecule has 0 spiro atoms. The van der Waals surface area contributed by atoms with Crippen LogP contribution >= 0.6 is 0 Å². The second kappa shape index (κ2) is 63.0. The second-order valence-corrected chi connectivity index (χ2v) is 28.8. The van der Waals surface area contributed by atoms with Gasteiger partial charge in [-0.05, 0) is 77.0 Å². The minimum absolute atomic E-state index is 0.236. The SMILES string of the molecule is CC/C=C\C/C=C\C/C=C\C/C=C\C/C=C\CCCCCCCCCCCCCCCCCCCCCCCCCC(=O)NC(COC1OC(CO)C(OC2OC(CO)C(OC3OC(CO)C(O)C(O)C3O)C(O)C2O)C(O)C1O)C(O)/C=C/CC/C=C/CCCCCCCCCCCCCC. The van der Waals surface area contributed by atoms with Crippen molar-refractivity contribution in [2.24, 2.45) is 0 Å². The molecule has 0 aliphatic carbocycles. The van der Waals surface area contributed by atoms with Crippen molar-refractivity contribution in [2.45, 2.75) is 407 Å². The first-order valence-corrected chi connectivity index (χ1v) is 40.8. The molecule has 3 aliphatic rings. The van der Waals surface area contributed by atoms with Gasteiger partial charge in [0.15, 0.2) is 18.9 Å². The maximum Gasteiger partial charge on any atom is 0.220 e. The van der Waals surface area contributed by atoms with Gasteiger partial charge in [-0.3, -0.25) is 4.79 Å². The molecule has 0 aromatic rings. The quantitative estimate of drug-likeness (QED) is 0.0199. The van der Waals surface area contributed by atoms with Crippen molar-refractivity contribution >= 4 is 5.91 Å². The number of allylic oxidation sites excluding steroid dienone is 13. The minimum atomic E-state index is -1.98. The first-order valence-electron chi connectivity index (χ1n) is 40.8. The summed E-state index contributed by atoms with van der Waals surface area (Å²) in [5, 5.41) is 121. The van der Waals surface area contributed by atoms with Crippen LogP contribution in [0.25, 0.3) is 0 Å². The molecule has 1 amide bonds. The highest BCUT2D eigenvalue weighted by molar-refractivity contribution is 5.76. The third kappa shape index (κ3) is 42.5. The van der Waals surface area contributed by atoms with Crippen molar-refractivity contribution in [3.05, 3.63) is 85.1 Å². The maximum atomic E-state index is 13.5. The van der Waals surface area contributed by atoms with Gasteiger partial charge in [-0.25, -0.2) is 0 Å². The number of aliphatic hydroxyl groups is 11. The van der Waals surface area contributed by atoms with E-state index < -0.39 is 124 Å². The largest absolute Gasteiger partial charge is 0.394 e. The van der Waals surface area contributed by atoms with Gasteiger partial charge in [-0.15, -0.1) is 0 Å². The lowest BCUT2D eigenvalue weighted by Crippen LogP contribution is -2.66. The maximum absolute atomic E-state index is 13.5. The van der Waals surface area contributed by atoms with Crippen molar-refractivity contribution < 1.29 is 89.4 Å². The molecule has 17 unspecified atom stereocenters. The lowest BCUT2D eigenvalue weighted by atomic mass is 9.96. The molecule has 0 radical (unpaired) electrons. The van der Waals surface area contributed by atoms with E-state index in [-0.39, 0.29) is 18.9 Å². The fourth-order valence-corrected chi connectivity index (χ4v) is 13.4. The van der Waals surface area contributed by atoms with Gasteiger partial charge in [0.05, 0.1) is 38.6 Å². The Balaban J connectivity index is 1.31. The summed E-state index contributed by atoms with van der Waals surface area (Å²) in [6.07, 6.45) is 57.3. The number of unbranched alkanes of at least 4 members (excludes halogenated alkanes) is 36. The smallest absolute Gasteiger partial charge is 0.220 e. The molecular weight excluding hydrogens is 1300 g/mol. The van der Waals surface area contributed by atoms with E-state index in [0.717, 1.165) is 70.6 Å². The lowest BCUT2D eigenvalue weighted by Gasteiger charge is -2.48. The molecule has 0 aromatic heterocycles. The Kier molecular flexibility index (Phi) is 57.5. The Morgan fingerprint density at radius 3 is 1.10 bits per heavy atom. The highest BCUT2D eigenvalue weighted by atomic mass is 16.8. The van der Waals surface area contributed by atoms with Gasteiger partial charge in [0.25, 0.3) is 0 Å². The minimum Gasteiger partial charge on any atom is -0.394 e. The number of nitrogens with one attached hydrogen (secondary N) is 1. The highest BCUT2D eigenvalue weighted by Crippen LogP contribution is 2.33.